The molecular weight excluding hydrogens is 380 g/mol. The number of halogens is 1. The normalized spacial score (nSPS) is 10.5. The van der Waals surface area contributed by atoms with E-state index in [0.29, 0.717) is 41.7 Å². The molecule has 1 heterocycles. The van der Waals surface area contributed by atoms with Crippen molar-refractivity contribution in [2.24, 2.45) is 0 Å². The number of hydrogen-bond donors (Lipinski definition) is 1. The van der Waals surface area contributed by atoms with Crippen molar-refractivity contribution in [3.8, 4) is 17.2 Å². The summed E-state index contributed by atoms with van der Waals surface area (Å²) in [6.07, 6.45) is 2.39. The molecule has 0 aliphatic carbocycles. The molecular formula is C21H21ClN2O4. The number of pyridine rings is 1. The molecule has 0 atom stereocenters. The fraction of sp³-hybridized carbons (Fsp3) is 0.238. The van der Waals surface area contributed by atoms with Crippen LogP contribution in [-0.4, -0.2) is 38.3 Å². The molecule has 6 nitrogen and oxygen atoms in total. The van der Waals surface area contributed by atoms with E-state index in [1.54, 1.807) is 18.3 Å². The van der Waals surface area contributed by atoms with Crippen LogP contribution >= 0.6 is 11.6 Å². The van der Waals surface area contributed by atoms with Gasteiger partial charge in [0, 0.05) is 23.7 Å². The number of methoxy groups -OCH3 is 2. The highest BCUT2D eigenvalue weighted by Gasteiger charge is 2.15. The van der Waals surface area contributed by atoms with Gasteiger partial charge >= 0.3 is 0 Å². The second kappa shape index (κ2) is 9.28. The Balaban J connectivity index is 1.53. The number of benzene rings is 2. The molecule has 7 heteroatoms. The summed E-state index contributed by atoms with van der Waals surface area (Å²) in [5.74, 6) is 1.30. The maximum Gasteiger partial charge on any atom is 0.251 e. The van der Waals surface area contributed by atoms with Gasteiger partial charge in [-0.1, -0.05) is 29.8 Å². The molecule has 0 aliphatic rings. The van der Waals surface area contributed by atoms with Gasteiger partial charge in [0.15, 0.2) is 11.5 Å². The Hall–Kier alpha value is -2.99. The molecule has 0 spiro atoms. The van der Waals surface area contributed by atoms with Crippen LogP contribution in [0.25, 0.3) is 10.9 Å². The molecule has 0 saturated carbocycles. The summed E-state index contributed by atoms with van der Waals surface area (Å²) in [5.41, 5.74) is 1.23. The number of carbonyl (C=O) groups is 1. The standard InChI is InChI=1S/C21H21ClN2O4/c1-26-18-13-15(12-16(22)20(18)27-2)21(25)24-10-5-11-28-17-8-3-6-14-7-4-9-23-19(14)17/h3-4,6-9,12-13H,5,10-11H2,1-2H3,(H,24,25). The van der Waals surface area contributed by atoms with Crippen LogP contribution in [0.15, 0.2) is 48.7 Å². The molecule has 2 aromatic carbocycles. The maximum absolute atomic E-state index is 12.4. The van der Waals surface area contributed by atoms with E-state index in [-0.39, 0.29) is 5.91 Å². The van der Waals surface area contributed by atoms with Gasteiger partial charge in [0.25, 0.3) is 5.91 Å². The molecule has 0 radical (unpaired) electrons. The highest BCUT2D eigenvalue weighted by molar-refractivity contribution is 6.32. The van der Waals surface area contributed by atoms with Gasteiger partial charge in [0.2, 0.25) is 0 Å². The van der Waals surface area contributed by atoms with E-state index in [9.17, 15) is 4.79 Å². The lowest BCUT2D eigenvalue weighted by Crippen LogP contribution is -2.25. The zero-order valence-electron chi connectivity index (χ0n) is 15.7. The van der Waals surface area contributed by atoms with E-state index in [1.165, 1.54) is 14.2 Å². The summed E-state index contributed by atoms with van der Waals surface area (Å²) in [5, 5.41) is 4.19. The maximum atomic E-state index is 12.4. The molecule has 0 bridgehead atoms. The third-order valence-electron chi connectivity index (χ3n) is 4.16. The van der Waals surface area contributed by atoms with E-state index < -0.39 is 0 Å². The van der Waals surface area contributed by atoms with Crippen molar-refractivity contribution < 1.29 is 19.0 Å². The predicted octanol–water partition coefficient (Wildman–Crippen LogP) is 4.10. The minimum atomic E-state index is -0.241. The summed E-state index contributed by atoms with van der Waals surface area (Å²) < 4.78 is 16.2. The Morgan fingerprint density at radius 2 is 1.93 bits per heavy atom. The molecule has 3 rings (SSSR count). The van der Waals surface area contributed by atoms with Gasteiger partial charge in [-0.25, -0.2) is 0 Å². The molecule has 1 N–H and O–H groups in total. The van der Waals surface area contributed by atoms with Crippen LogP contribution in [-0.2, 0) is 0 Å². The fourth-order valence-corrected chi connectivity index (χ4v) is 3.09. The Morgan fingerprint density at radius 1 is 1.11 bits per heavy atom. The first-order valence-electron chi connectivity index (χ1n) is 8.80. The number of para-hydroxylation sites is 1. The molecule has 0 unspecified atom stereocenters. The summed E-state index contributed by atoms with van der Waals surface area (Å²) >= 11 is 6.15. The van der Waals surface area contributed by atoms with Crippen molar-refractivity contribution in [2.75, 3.05) is 27.4 Å². The molecule has 1 aromatic heterocycles. The van der Waals surface area contributed by atoms with Crippen molar-refractivity contribution in [1.29, 1.82) is 0 Å². The largest absolute Gasteiger partial charge is 0.493 e. The predicted molar refractivity (Wildman–Crippen MR) is 109 cm³/mol. The Morgan fingerprint density at radius 3 is 2.71 bits per heavy atom. The number of fused-ring (bicyclic) bond motifs is 1. The molecule has 0 aliphatic heterocycles. The topological polar surface area (TPSA) is 69.7 Å². The van der Waals surface area contributed by atoms with E-state index in [4.69, 9.17) is 25.8 Å². The Bertz CT molecular complexity index is 973. The van der Waals surface area contributed by atoms with Gasteiger partial charge in [-0.15, -0.1) is 0 Å². The second-order valence-corrected chi connectivity index (χ2v) is 6.39. The zero-order chi connectivity index (χ0) is 19.9. The van der Waals surface area contributed by atoms with E-state index in [1.807, 2.05) is 30.3 Å². The Labute approximate surface area is 168 Å². The number of rotatable bonds is 8. The lowest BCUT2D eigenvalue weighted by atomic mass is 10.2. The van der Waals surface area contributed by atoms with E-state index >= 15 is 0 Å². The van der Waals surface area contributed by atoms with Crippen LogP contribution in [0.2, 0.25) is 5.02 Å². The monoisotopic (exact) mass is 400 g/mol. The first kappa shape index (κ1) is 19.8. The van der Waals surface area contributed by atoms with Gasteiger partial charge in [-0.3, -0.25) is 9.78 Å². The lowest BCUT2D eigenvalue weighted by molar-refractivity contribution is 0.0951. The van der Waals surface area contributed by atoms with Gasteiger partial charge in [-0.05, 0) is 30.7 Å². The van der Waals surface area contributed by atoms with Gasteiger partial charge < -0.3 is 19.5 Å². The highest BCUT2D eigenvalue weighted by atomic mass is 35.5. The fourth-order valence-electron chi connectivity index (χ4n) is 2.80. The van der Waals surface area contributed by atoms with Crippen LogP contribution < -0.4 is 19.5 Å². The SMILES string of the molecule is COc1cc(C(=O)NCCCOc2cccc3cccnc23)cc(Cl)c1OC. The number of nitrogens with one attached hydrogen (secondary N) is 1. The number of amides is 1. The van der Waals surface area contributed by atoms with Crippen LogP contribution in [0.3, 0.4) is 0 Å². The van der Waals surface area contributed by atoms with Crippen molar-refractivity contribution in [3.05, 3.63) is 59.2 Å². The third kappa shape index (κ3) is 4.46. The van der Waals surface area contributed by atoms with Gasteiger partial charge in [0.1, 0.15) is 11.3 Å². The smallest absolute Gasteiger partial charge is 0.251 e. The first-order valence-corrected chi connectivity index (χ1v) is 9.18. The average molecular weight is 401 g/mol. The quantitative estimate of drug-likeness (QED) is 0.576. The van der Waals surface area contributed by atoms with Crippen molar-refractivity contribution in [1.82, 2.24) is 10.3 Å². The third-order valence-corrected chi connectivity index (χ3v) is 4.44. The molecule has 0 saturated heterocycles. The molecule has 0 fully saturated rings. The van der Waals surface area contributed by atoms with Crippen molar-refractivity contribution >= 4 is 28.4 Å². The zero-order valence-corrected chi connectivity index (χ0v) is 16.5. The number of aromatic nitrogens is 1. The van der Waals surface area contributed by atoms with E-state index in [0.717, 1.165) is 16.7 Å². The summed E-state index contributed by atoms with van der Waals surface area (Å²) in [6, 6.07) is 12.8. The van der Waals surface area contributed by atoms with Crippen LogP contribution in [0.4, 0.5) is 0 Å². The number of carbonyl (C=O) groups excluding carboxylic acids is 1. The summed E-state index contributed by atoms with van der Waals surface area (Å²) in [4.78, 5) is 16.7. The van der Waals surface area contributed by atoms with Crippen LogP contribution in [0.5, 0.6) is 17.2 Å². The molecule has 28 heavy (non-hydrogen) atoms. The average Bonchev–Trinajstić information content (AvgIpc) is 2.72. The lowest BCUT2D eigenvalue weighted by Gasteiger charge is -2.12. The van der Waals surface area contributed by atoms with Crippen molar-refractivity contribution in [3.63, 3.8) is 0 Å². The minimum Gasteiger partial charge on any atom is -0.493 e. The van der Waals surface area contributed by atoms with E-state index in [2.05, 4.69) is 10.3 Å². The number of hydrogen-bond acceptors (Lipinski definition) is 5. The highest BCUT2D eigenvalue weighted by Crippen LogP contribution is 2.35. The van der Waals surface area contributed by atoms with Gasteiger partial charge in [-0.2, -0.15) is 0 Å². The summed E-state index contributed by atoms with van der Waals surface area (Å²) in [7, 11) is 2.99. The minimum absolute atomic E-state index is 0.241. The van der Waals surface area contributed by atoms with Crippen LogP contribution in [0.1, 0.15) is 16.8 Å². The molecule has 1 amide bonds. The molecule has 3 aromatic rings. The molecule has 146 valence electrons. The van der Waals surface area contributed by atoms with Crippen LogP contribution in [0, 0.1) is 0 Å². The number of nitrogens with zero attached hydrogens (tertiary/aromatic N) is 1. The van der Waals surface area contributed by atoms with Crippen molar-refractivity contribution in [2.45, 2.75) is 6.42 Å². The second-order valence-electron chi connectivity index (χ2n) is 5.98. The van der Waals surface area contributed by atoms with Gasteiger partial charge in [0.05, 0.1) is 25.8 Å². The first-order chi connectivity index (χ1) is 13.6. The summed E-state index contributed by atoms with van der Waals surface area (Å²) in [6.45, 7) is 0.922. The Kier molecular flexibility index (Phi) is 6.55. The number of ether oxygens (including phenoxy) is 3.